The van der Waals surface area contributed by atoms with Crippen molar-refractivity contribution < 1.29 is 18.3 Å². The molecule has 0 atom stereocenters. The van der Waals surface area contributed by atoms with Crippen LogP contribution in [0, 0.1) is 0 Å². The minimum absolute atomic E-state index is 0.253. The number of pyridine rings is 1. The Kier molecular flexibility index (Phi) is 3.30. The molecule has 0 bridgehead atoms. The number of alkyl halides is 2. The Morgan fingerprint density at radius 1 is 1.15 bits per heavy atom. The summed E-state index contributed by atoms with van der Waals surface area (Å²) in [5.74, 6) is 1.18. The number of aromatic nitrogens is 1. The normalized spacial score (nSPS) is 14.4. The molecular formula is C14H14F2N2O2. The molecule has 4 nitrogen and oxygen atoms in total. The van der Waals surface area contributed by atoms with Crippen LogP contribution < -0.4 is 14.8 Å². The maximum Gasteiger partial charge on any atom is 0.280 e. The summed E-state index contributed by atoms with van der Waals surface area (Å²) in [4.78, 5) is 4.00. The quantitative estimate of drug-likeness (QED) is 0.916. The van der Waals surface area contributed by atoms with Gasteiger partial charge in [-0.15, -0.1) is 0 Å². The second kappa shape index (κ2) is 5.11. The number of hydrogen-bond donors (Lipinski definition) is 1. The van der Waals surface area contributed by atoms with Gasteiger partial charge in [0.2, 0.25) is 0 Å². The average Bonchev–Trinajstić information content (AvgIpc) is 2.68. The third-order valence-corrected chi connectivity index (χ3v) is 3.19. The monoisotopic (exact) mass is 280 g/mol. The Bertz CT molecular complexity index is 647. The van der Waals surface area contributed by atoms with Crippen molar-refractivity contribution in [3.63, 3.8) is 0 Å². The highest BCUT2D eigenvalue weighted by Crippen LogP contribution is 2.37. The SMILES string of the molecule is CNc1cc(C(F)F)nc2cc3c(cc12)OCCCO3. The highest BCUT2D eigenvalue weighted by molar-refractivity contribution is 5.93. The molecule has 20 heavy (non-hydrogen) atoms. The molecule has 1 aliphatic rings. The summed E-state index contributed by atoms with van der Waals surface area (Å²) in [6.45, 7) is 1.13. The number of benzene rings is 1. The van der Waals surface area contributed by atoms with Crippen molar-refractivity contribution in [1.29, 1.82) is 0 Å². The van der Waals surface area contributed by atoms with E-state index >= 15 is 0 Å². The van der Waals surface area contributed by atoms with Crippen molar-refractivity contribution in [1.82, 2.24) is 4.98 Å². The van der Waals surface area contributed by atoms with Gasteiger partial charge in [0.1, 0.15) is 5.69 Å². The molecule has 0 unspecified atom stereocenters. The predicted molar refractivity (Wildman–Crippen MR) is 71.9 cm³/mol. The zero-order valence-corrected chi connectivity index (χ0v) is 11.0. The fraction of sp³-hybridized carbons (Fsp3) is 0.357. The van der Waals surface area contributed by atoms with Crippen LogP contribution in [0.1, 0.15) is 18.5 Å². The number of anilines is 1. The van der Waals surface area contributed by atoms with Crippen LogP contribution in [-0.2, 0) is 0 Å². The van der Waals surface area contributed by atoms with E-state index in [1.807, 2.05) is 0 Å². The zero-order valence-electron chi connectivity index (χ0n) is 11.0. The van der Waals surface area contributed by atoms with Crippen LogP contribution in [0.2, 0.25) is 0 Å². The minimum atomic E-state index is -2.61. The van der Waals surface area contributed by atoms with E-state index in [9.17, 15) is 8.78 Å². The number of ether oxygens (including phenoxy) is 2. The van der Waals surface area contributed by atoms with E-state index in [0.717, 1.165) is 11.8 Å². The van der Waals surface area contributed by atoms with Gasteiger partial charge in [-0.1, -0.05) is 0 Å². The van der Waals surface area contributed by atoms with Crippen molar-refractivity contribution in [2.45, 2.75) is 12.8 Å². The van der Waals surface area contributed by atoms with Gasteiger partial charge in [-0.2, -0.15) is 0 Å². The van der Waals surface area contributed by atoms with Crippen LogP contribution >= 0.6 is 0 Å². The van der Waals surface area contributed by atoms with E-state index in [2.05, 4.69) is 10.3 Å². The van der Waals surface area contributed by atoms with Gasteiger partial charge in [0.25, 0.3) is 6.43 Å². The highest BCUT2D eigenvalue weighted by atomic mass is 19.3. The maximum atomic E-state index is 12.9. The number of nitrogens with zero attached hydrogens (tertiary/aromatic N) is 1. The van der Waals surface area contributed by atoms with Gasteiger partial charge in [-0.05, 0) is 12.1 Å². The maximum absolute atomic E-state index is 12.9. The zero-order chi connectivity index (χ0) is 14.1. The van der Waals surface area contributed by atoms with Gasteiger partial charge in [-0.3, -0.25) is 0 Å². The first kappa shape index (κ1) is 12.9. The molecule has 2 aromatic rings. The second-order valence-electron chi connectivity index (χ2n) is 4.51. The molecule has 0 fully saturated rings. The number of rotatable bonds is 2. The minimum Gasteiger partial charge on any atom is -0.490 e. The molecule has 0 saturated carbocycles. The lowest BCUT2D eigenvalue weighted by Gasteiger charge is -2.12. The van der Waals surface area contributed by atoms with Crippen LogP contribution in [0.3, 0.4) is 0 Å². The molecule has 2 heterocycles. The molecule has 1 aromatic heterocycles. The average molecular weight is 280 g/mol. The molecule has 0 aliphatic carbocycles. The van der Waals surface area contributed by atoms with Gasteiger partial charge in [0.05, 0.1) is 18.7 Å². The summed E-state index contributed by atoms with van der Waals surface area (Å²) in [5, 5.41) is 3.66. The summed E-state index contributed by atoms with van der Waals surface area (Å²) < 4.78 is 36.9. The Morgan fingerprint density at radius 3 is 2.50 bits per heavy atom. The number of nitrogens with one attached hydrogen (secondary N) is 1. The summed E-state index contributed by atoms with van der Waals surface area (Å²) in [5.41, 5.74) is 0.814. The van der Waals surface area contributed by atoms with Crippen LogP contribution in [0.5, 0.6) is 11.5 Å². The summed E-state index contributed by atoms with van der Waals surface area (Å²) >= 11 is 0. The van der Waals surface area contributed by atoms with Gasteiger partial charge in [0, 0.05) is 30.6 Å². The molecule has 0 spiro atoms. The van der Waals surface area contributed by atoms with Crippen molar-refractivity contribution >= 4 is 16.6 Å². The standard InChI is InChI=1S/C14H14F2N2O2/c1-17-9-6-11(14(15)16)18-10-7-13-12(5-8(9)10)19-3-2-4-20-13/h5-7,14H,2-4H2,1H3,(H,17,18). The first-order valence-electron chi connectivity index (χ1n) is 6.39. The van der Waals surface area contributed by atoms with E-state index in [4.69, 9.17) is 9.47 Å². The van der Waals surface area contributed by atoms with E-state index < -0.39 is 6.43 Å². The first-order valence-corrected chi connectivity index (χ1v) is 6.39. The molecular weight excluding hydrogens is 266 g/mol. The second-order valence-corrected chi connectivity index (χ2v) is 4.51. The Hall–Kier alpha value is -2.11. The predicted octanol–water partition coefficient (Wildman–Crippen LogP) is 3.38. The van der Waals surface area contributed by atoms with Gasteiger partial charge >= 0.3 is 0 Å². The molecule has 1 aliphatic heterocycles. The van der Waals surface area contributed by atoms with Crippen LogP contribution in [0.4, 0.5) is 14.5 Å². The van der Waals surface area contributed by atoms with E-state index in [0.29, 0.717) is 35.9 Å². The van der Waals surface area contributed by atoms with Crippen molar-refractivity contribution in [3.8, 4) is 11.5 Å². The molecule has 1 aromatic carbocycles. The Labute approximate surface area is 114 Å². The van der Waals surface area contributed by atoms with E-state index in [-0.39, 0.29) is 5.69 Å². The third-order valence-electron chi connectivity index (χ3n) is 3.19. The van der Waals surface area contributed by atoms with Crippen LogP contribution in [0.15, 0.2) is 18.2 Å². The van der Waals surface area contributed by atoms with Gasteiger partial charge < -0.3 is 14.8 Å². The molecule has 0 radical (unpaired) electrons. The molecule has 0 amide bonds. The first-order chi connectivity index (χ1) is 9.69. The smallest absolute Gasteiger partial charge is 0.280 e. The van der Waals surface area contributed by atoms with Crippen molar-refractivity contribution in [2.75, 3.05) is 25.6 Å². The number of halogens is 2. The summed E-state index contributed by atoms with van der Waals surface area (Å²) in [6, 6.07) is 4.80. The van der Waals surface area contributed by atoms with E-state index in [1.165, 1.54) is 6.07 Å². The van der Waals surface area contributed by atoms with Crippen LogP contribution in [-0.4, -0.2) is 25.2 Å². The molecule has 3 rings (SSSR count). The fourth-order valence-corrected chi connectivity index (χ4v) is 2.22. The largest absolute Gasteiger partial charge is 0.490 e. The van der Waals surface area contributed by atoms with E-state index in [1.54, 1.807) is 19.2 Å². The topological polar surface area (TPSA) is 43.4 Å². The lowest BCUT2D eigenvalue weighted by atomic mass is 10.1. The summed E-state index contributed by atoms with van der Waals surface area (Å²) in [7, 11) is 1.69. The van der Waals surface area contributed by atoms with Gasteiger partial charge in [0.15, 0.2) is 11.5 Å². The van der Waals surface area contributed by atoms with Crippen LogP contribution in [0.25, 0.3) is 10.9 Å². The molecule has 106 valence electrons. The third kappa shape index (κ3) is 2.21. The Morgan fingerprint density at radius 2 is 1.85 bits per heavy atom. The molecule has 6 heteroatoms. The lowest BCUT2D eigenvalue weighted by molar-refractivity contribution is 0.146. The van der Waals surface area contributed by atoms with Crippen molar-refractivity contribution in [2.24, 2.45) is 0 Å². The number of hydrogen-bond acceptors (Lipinski definition) is 4. The lowest BCUT2D eigenvalue weighted by Crippen LogP contribution is -1.98. The molecule has 0 saturated heterocycles. The van der Waals surface area contributed by atoms with Crippen molar-refractivity contribution in [3.05, 3.63) is 23.9 Å². The highest BCUT2D eigenvalue weighted by Gasteiger charge is 2.17. The Balaban J connectivity index is 2.22. The summed E-state index contributed by atoms with van der Waals surface area (Å²) in [6.07, 6.45) is -1.82. The van der Waals surface area contributed by atoms with Gasteiger partial charge in [-0.25, -0.2) is 13.8 Å². The fourth-order valence-electron chi connectivity index (χ4n) is 2.22. The molecule has 1 N–H and O–H groups in total. The number of fused-ring (bicyclic) bond motifs is 2.